The minimum Gasteiger partial charge on any atom is -0.351 e. The maximum atomic E-state index is 12.2. The number of nitrogens with one attached hydrogen (secondary N) is 2. The Kier molecular flexibility index (Phi) is 5.82. The van der Waals surface area contributed by atoms with Gasteiger partial charge in [0, 0.05) is 12.7 Å². The van der Waals surface area contributed by atoms with Crippen molar-refractivity contribution in [3.63, 3.8) is 0 Å². The zero-order chi connectivity index (χ0) is 14.8. The summed E-state index contributed by atoms with van der Waals surface area (Å²) in [7, 11) is 0. The fourth-order valence-electron chi connectivity index (χ4n) is 2.41. The highest BCUT2D eigenvalue weighted by atomic mass is 35.5. The Morgan fingerprint density at radius 2 is 2.05 bits per heavy atom. The van der Waals surface area contributed by atoms with Gasteiger partial charge in [0.2, 0.25) is 0 Å². The summed E-state index contributed by atoms with van der Waals surface area (Å²) in [5.41, 5.74) is 0.748. The van der Waals surface area contributed by atoms with Gasteiger partial charge in [0.05, 0.1) is 17.3 Å². The largest absolute Gasteiger partial charge is 0.351 e. The van der Waals surface area contributed by atoms with E-state index in [-0.39, 0.29) is 29.3 Å². The van der Waals surface area contributed by atoms with Crippen LogP contribution in [0.3, 0.4) is 0 Å². The molecule has 0 bridgehead atoms. The van der Waals surface area contributed by atoms with Crippen LogP contribution in [0.15, 0.2) is 12.4 Å². The summed E-state index contributed by atoms with van der Waals surface area (Å²) < 4.78 is 1.83. The van der Waals surface area contributed by atoms with Crippen LogP contribution in [0.5, 0.6) is 0 Å². The normalized spacial score (nSPS) is 17.9. The molecule has 0 saturated carbocycles. The monoisotopic (exact) mass is 314 g/mol. The predicted octanol–water partition coefficient (Wildman–Crippen LogP) is 2.18. The topological polar surface area (TPSA) is 59.0 Å². The molecular formula is C15H27ClN4O. The van der Waals surface area contributed by atoms with E-state index in [1.807, 2.05) is 10.9 Å². The van der Waals surface area contributed by atoms with Crippen LogP contribution >= 0.6 is 12.4 Å². The van der Waals surface area contributed by atoms with Gasteiger partial charge in [-0.15, -0.1) is 12.4 Å². The Bertz CT molecular complexity index is 472. The van der Waals surface area contributed by atoms with Crippen LogP contribution in [-0.2, 0) is 5.54 Å². The lowest BCUT2D eigenvalue weighted by molar-refractivity contribution is 0.0922. The molecule has 0 unspecified atom stereocenters. The first kappa shape index (κ1) is 18.0. The van der Waals surface area contributed by atoms with Gasteiger partial charge in [-0.3, -0.25) is 9.48 Å². The van der Waals surface area contributed by atoms with Gasteiger partial charge in [0.15, 0.2) is 0 Å². The Balaban J connectivity index is 0.00000220. The molecule has 1 amide bonds. The number of piperidine rings is 1. The quantitative estimate of drug-likeness (QED) is 0.899. The summed E-state index contributed by atoms with van der Waals surface area (Å²) in [6, 6.07) is 0. The summed E-state index contributed by atoms with van der Waals surface area (Å²) in [5, 5.41) is 10.7. The highest BCUT2D eigenvalue weighted by Crippen LogP contribution is 2.26. The second kappa shape index (κ2) is 6.79. The lowest BCUT2D eigenvalue weighted by Crippen LogP contribution is -2.42. The molecule has 0 spiro atoms. The van der Waals surface area contributed by atoms with Gasteiger partial charge in [-0.25, -0.2) is 0 Å². The molecule has 0 radical (unpaired) electrons. The van der Waals surface area contributed by atoms with E-state index in [9.17, 15) is 4.79 Å². The molecule has 2 N–H and O–H groups in total. The Morgan fingerprint density at radius 1 is 1.43 bits per heavy atom. The van der Waals surface area contributed by atoms with E-state index in [0.717, 1.165) is 32.5 Å². The van der Waals surface area contributed by atoms with Crippen molar-refractivity contribution in [1.29, 1.82) is 0 Å². The Morgan fingerprint density at radius 3 is 2.57 bits per heavy atom. The van der Waals surface area contributed by atoms with Crippen LogP contribution in [0.1, 0.15) is 50.9 Å². The van der Waals surface area contributed by atoms with Gasteiger partial charge in [0.1, 0.15) is 0 Å². The molecule has 0 atom stereocenters. The van der Waals surface area contributed by atoms with Crippen molar-refractivity contribution in [3.05, 3.63) is 18.0 Å². The molecular weight excluding hydrogens is 288 g/mol. The minimum absolute atomic E-state index is 0. The van der Waals surface area contributed by atoms with E-state index in [1.54, 1.807) is 6.20 Å². The summed E-state index contributed by atoms with van der Waals surface area (Å²) >= 11 is 0. The number of nitrogens with zero attached hydrogens (tertiary/aromatic N) is 2. The zero-order valence-corrected chi connectivity index (χ0v) is 14.2. The van der Waals surface area contributed by atoms with Gasteiger partial charge in [0.25, 0.3) is 5.91 Å². The standard InChI is InChI=1S/C15H26N4O.ClH/c1-14(2,3)19-10-12(9-18-19)13(20)17-11-15(4)5-7-16-8-6-15;/h9-10,16H,5-8,11H2,1-4H3,(H,17,20);1H. The van der Waals surface area contributed by atoms with Crippen LogP contribution in [-0.4, -0.2) is 35.3 Å². The predicted molar refractivity (Wildman–Crippen MR) is 87.0 cm³/mol. The van der Waals surface area contributed by atoms with E-state index >= 15 is 0 Å². The van der Waals surface area contributed by atoms with Crippen LogP contribution < -0.4 is 10.6 Å². The third-order valence-electron chi connectivity index (χ3n) is 4.02. The molecule has 6 heteroatoms. The van der Waals surface area contributed by atoms with Gasteiger partial charge in [-0.05, 0) is 52.1 Å². The van der Waals surface area contributed by atoms with E-state index in [0.29, 0.717) is 5.56 Å². The molecule has 1 aromatic rings. The first-order chi connectivity index (χ1) is 9.30. The molecule has 2 rings (SSSR count). The highest BCUT2D eigenvalue weighted by Gasteiger charge is 2.27. The van der Waals surface area contributed by atoms with E-state index < -0.39 is 0 Å². The van der Waals surface area contributed by atoms with Crippen molar-refractivity contribution in [2.75, 3.05) is 19.6 Å². The van der Waals surface area contributed by atoms with Gasteiger partial charge >= 0.3 is 0 Å². The lowest BCUT2D eigenvalue weighted by atomic mass is 9.81. The maximum Gasteiger partial charge on any atom is 0.254 e. The second-order valence-electron chi connectivity index (χ2n) is 7.09. The van der Waals surface area contributed by atoms with E-state index in [2.05, 4.69) is 43.4 Å². The zero-order valence-electron chi connectivity index (χ0n) is 13.4. The van der Waals surface area contributed by atoms with Crippen molar-refractivity contribution >= 4 is 18.3 Å². The molecule has 0 aliphatic carbocycles. The molecule has 1 aliphatic heterocycles. The van der Waals surface area contributed by atoms with Crippen LogP contribution in [0.2, 0.25) is 0 Å². The average molecular weight is 315 g/mol. The van der Waals surface area contributed by atoms with E-state index in [4.69, 9.17) is 0 Å². The summed E-state index contributed by atoms with van der Waals surface area (Å²) in [5.74, 6) is -0.0275. The fraction of sp³-hybridized carbons (Fsp3) is 0.733. The Hall–Kier alpha value is -1.07. The van der Waals surface area contributed by atoms with Crippen molar-refractivity contribution in [2.24, 2.45) is 5.41 Å². The number of carbonyl (C=O) groups is 1. The van der Waals surface area contributed by atoms with Crippen molar-refractivity contribution in [3.8, 4) is 0 Å². The number of hydrogen-bond donors (Lipinski definition) is 2. The first-order valence-electron chi connectivity index (χ1n) is 7.34. The second-order valence-corrected chi connectivity index (χ2v) is 7.09. The van der Waals surface area contributed by atoms with Gasteiger partial charge < -0.3 is 10.6 Å². The third-order valence-corrected chi connectivity index (χ3v) is 4.02. The number of aromatic nitrogens is 2. The fourth-order valence-corrected chi connectivity index (χ4v) is 2.41. The summed E-state index contributed by atoms with van der Waals surface area (Å²) in [6.07, 6.45) is 5.68. The number of hydrogen-bond acceptors (Lipinski definition) is 3. The highest BCUT2D eigenvalue weighted by molar-refractivity contribution is 5.93. The van der Waals surface area contributed by atoms with E-state index in [1.165, 1.54) is 0 Å². The molecule has 5 nitrogen and oxygen atoms in total. The number of amides is 1. The van der Waals surface area contributed by atoms with Crippen molar-refractivity contribution < 1.29 is 4.79 Å². The van der Waals surface area contributed by atoms with Crippen molar-refractivity contribution in [2.45, 2.75) is 46.1 Å². The summed E-state index contributed by atoms with van der Waals surface area (Å²) in [4.78, 5) is 12.2. The average Bonchev–Trinajstić information content (AvgIpc) is 2.86. The molecule has 1 aliphatic rings. The van der Waals surface area contributed by atoms with Crippen LogP contribution in [0.25, 0.3) is 0 Å². The third kappa shape index (κ3) is 4.71. The minimum atomic E-state index is -0.0977. The Labute approximate surface area is 133 Å². The summed E-state index contributed by atoms with van der Waals surface area (Å²) in [6.45, 7) is 11.2. The molecule has 120 valence electrons. The van der Waals surface area contributed by atoms with Crippen LogP contribution in [0.4, 0.5) is 0 Å². The lowest BCUT2D eigenvalue weighted by Gasteiger charge is -2.34. The van der Waals surface area contributed by atoms with Crippen molar-refractivity contribution in [1.82, 2.24) is 20.4 Å². The smallest absolute Gasteiger partial charge is 0.254 e. The molecule has 21 heavy (non-hydrogen) atoms. The SMILES string of the molecule is CC1(CNC(=O)c2cnn(C(C)(C)C)c2)CCNCC1.Cl. The number of halogens is 1. The number of rotatable bonds is 3. The molecule has 1 saturated heterocycles. The molecule has 1 fully saturated rings. The van der Waals surface area contributed by atoms with Gasteiger partial charge in [-0.2, -0.15) is 5.10 Å². The first-order valence-corrected chi connectivity index (χ1v) is 7.34. The van der Waals surface area contributed by atoms with Crippen LogP contribution in [0, 0.1) is 5.41 Å². The molecule has 0 aromatic carbocycles. The molecule has 2 heterocycles. The molecule has 1 aromatic heterocycles. The number of carbonyl (C=O) groups excluding carboxylic acids is 1. The van der Waals surface area contributed by atoms with Gasteiger partial charge in [-0.1, -0.05) is 6.92 Å². The maximum absolute atomic E-state index is 12.2.